The largest absolute Gasteiger partial charge is 0.307 e. The van der Waals surface area contributed by atoms with Crippen LogP contribution in [0.3, 0.4) is 0 Å². The van der Waals surface area contributed by atoms with E-state index >= 15 is 0 Å². The molecule has 0 saturated heterocycles. The average molecular weight is 467 g/mol. The quantitative estimate of drug-likeness (QED) is 0.283. The van der Waals surface area contributed by atoms with Gasteiger partial charge in [0.05, 0.1) is 11.4 Å². The van der Waals surface area contributed by atoms with Crippen LogP contribution in [0.25, 0.3) is 5.95 Å². The highest BCUT2D eigenvalue weighted by Crippen LogP contribution is 2.25. The van der Waals surface area contributed by atoms with Gasteiger partial charge in [0.1, 0.15) is 11.6 Å². The van der Waals surface area contributed by atoms with E-state index in [9.17, 15) is 0 Å². The number of anilines is 2. The molecule has 0 saturated carbocycles. The molecule has 3 rings (SSSR count). The molecule has 0 bridgehead atoms. The molecule has 8 nitrogen and oxygen atoms in total. The van der Waals surface area contributed by atoms with Crippen LogP contribution < -0.4 is 5.32 Å². The molecule has 0 aromatic carbocycles. The minimum atomic E-state index is 0.555. The van der Waals surface area contributed by atoms with E-state index in [0.29, 0.717) is 11.9 Å². The molecule has 0 spiro atoms. The minimum Gasteiger partial charge on any atom is -0.307 e. The Hall–Kier alpha value is -2.77. The summed E-state index contributed by atoms with van der Waals surface area (Å²) in [6, 6.07) is 0. The zero-order valence-electron chi connectivity index (χ0n) is 22.0. The summed E-state index contributed by atoms with van der Waals surface area (Å²) >= 11 is 0. The number of aromatic amines is 1. The van der Waals surface area contributed by atoms with Gasteiger partial charge in [0.2, 0.25) is 5.95 Å². The van der Waals surface area contributed by atoms with E-state index in [2.05, 4.69) is 55.1 Å². The van der Waals surface area contributed by atoms with Crippen LogP contribution in [0, 0.1) is 6.92 Å². The predicted molar refractivity (Wildman–Crippen MR) is 138 cm³/mol. The smallest absolute Gasteiger partial charge is 0.253 e. The highest BCUT2D eigenvalue weighted by molar-refractivity contribution is 5.55. The predicted octanol–water partition coefficient (Wildman–Crippen LogP) is 5.99. The van der Waals surface area contributed by atoms with Crippen molar-refractivity contribution in [2.75, 3.05) is 5.32 Å². The van der Waals surface area contributed by atoms with Gasteiger partial charge >= 0.3 is 0 Å². The lowest BCUT2D eigenvalue weighted by atomic mass is 10.0. The summed E-state index contributed by atoms with van der Waals surface area (Å²) in [5.74, 6) is 2.85. The number of unbranched alkanes of at least 4 members (excludes halogenated alkanes) is 3. The third-order valence-electron chi connectivity index (χ3n) is 6.27. The molecule has 3 heterocycles. The number of aromatic nitrogens is 7. The molecular weight excluding hydrogens is 424 g/mol. The molecule has 0 unspecified atom stereocenters. The first-order valence-corrected chi connectivity index (χ1v) is 13.2. The maximum Gasteiger partial charge on any atom is 0.253 e. The van der Waals surface area contributed by atoms with Gasteiger partial charge < -0.3 is 5.32 Å². The summed E-state index contributed by atoms with van der Waals surface area (Å²) in [6.45, 7) is 13.0. The Morgan fingerprint density at radius 2 is 1.56 bits per heavy atom. The number of nitrogens with one attached hydrogen (secondary N) is 2. The highest BCUT2D eigenvalue weighted by atomic mass is 15.4. The standard InChI is InChI=1S/C26H42N8/c1-7-12-13-14-17-23-28-25(32-31-23)29-24-19(10-4)18(6)27-26(30-24)34-22(16-9-3)20(11-5)21(33-34)15-8-2/h7-17H2,1-6H3,(H2,27,28,29,30,31,32). The van der Waals surface area contributed by atoms with Gasteiger partial charge in [-0.2, -0.15) is 15.1 Å². The van der Waals surface area contributed by atoms with Gasteiger partial charge in [-0.1, -0.05) is 66.7 Å². The molecule has 3 aromatic rings. The topological polar surface area (TPSA) is 97.2 Å². The zero-order valence-corrected chi connectivity index (χ0v) is 22.0. The molecule has 0 fully saturated rings. The van der Waals surface area contributed by atoms with E-state index < -0.39 is 0 Å². The third-order valence-corrected chi connectivity index (χ3v) is 6.27. The van der Waals surface area contributed by atoms with E-state index in [1.54, 1.807) is 0 Å². The van der Waals surface area contributed by atoms with Crippen LogP contribution in [0.2, 0.25) is 0 Å². The number of nitrogens with zero attached hydrogens (tertiary/aromatic N) is 6. The van der Waals surface area contributed by atoms with Crippen molar-refractivity contribution in [3.63, 3.8) is 0 Å². The van der Waals surface area contributed by atoms with Crippen LogP contribution in [0.1, 0.15) is 107 Å². The monoisotopic (exact) mass is 466 g/mol. The van der Waals surface area contributed by atoms with Crippen LogP contribution in [0.4, 0.5) is 11.8 Å². The second-order valence-electron chi connectivity index (χ2n) is 8.97. The Morgan fingerprint density at radius 3 is 2.24 bits per heavy atom. The van der Waals surface area contributed by atoms with E-state index in [1.165, 1.54) is 36.2 Å². The molecule has 3 aromatic heterocycles. The zero-order chi connectivity index (χ0) is 24.5. The Labute approximate surface area is 204 Å². The molecule has 186 valence electrons. The SMILES string of the molecule is CCCCCCc1nc(Nc2nc(-n3nc(CCC)c(CC)c3CCC)nc(C)c2CC)n[nH]1. The normalized spacial score (nSPS) is 11.4. The summed E-state index contributed by atoms with van der Waals surface area (Å²) in [6.07, 6.45) is 11.6. The van der Waals surface area contributed by atoms with Crippen LogP contribution in [0.15, 0.2) is 0 Å². The second kappa shape index (κ2) is 12.6. The van der Waals surface area contributed by atoms with Crippen molar-refractivity contribution < 1.29 is 0 Å². The van der Waals surface area contributed by atoms with Gasteiger partial charge in [0.25, 0.3) is 5.95 Å². The molecular formula is C26H42N8. The van der Waals surface area contributed by atoms with Crippen molar-refractivity contribution >= 4 is 11.8 Å². The van der Waals surface area contributed by atoms with Crippen molar-refractivity contribution in [3.8, 4) is 5.95 Å². The number of hydrogen-bond donors (Lipinski definition) is 2. The third kappa shape index (κ3) is 6.02. The first-order valence-electron chi connectivity index (χ1n) is 13.2. The lowest BCUT2D eigenvalue weighted by Gasteiger charge is -2.13. The van der Waals surface area contributed by atoms with E-state index in [4.69, 9.17) is 15.1 Å². The first kappa shape index (κ1) is 25.8. The molecule has 0 amide bonds. The average Bonchev–Trinajstić information content (AvgIpc) is 3.41. The van der Waals surface area contributed by atoms with E-state index in [0.717, 1.165) is 74.3 Å². The van der Waals surface area contributed by atoms with Crippen molar-refractivity contribution in [1.82, 2.24) is 34.9 Å². The van der Waals surface area contributed by atoms with Crippen LogP contribution >= 0.6 is 0 Å². The number of rotatable bonds is 14. The van der Waals surface area contributed by atoms with E-state index in [-0.39, 0.29) is 0 Å². The Balaban J connectivity index is 1.94. The maximum atomic E-state index is 4.98. The second-order valence-corrected chi connectivity index (χ2v) is 8.97. The van der Waals surface area contributed by atoms with Crippen molar-refractivity contribution in [2.24, 2.45) is 0 Å². The molecule has 34 heavy (non-hydrogen) atoms. The molecule has 0 atom stereocenters. The fourth-order valence-electron chi connectivity index (χ4n) is 4.53. The van der Waals surface area contributed by atoms with Crippen molar-refractivity contribution in [1.29, 1.82) is 0 Å². The number of aryl methyl sites for hydroxylation is 3. The highest BCUT2D eigenvalue weighted by Gasteiger charge is 2.20. The summed E-state index contributed by atoms with van der Waals surface area (Å²) < 4.78 is 1.97. The van der Waals surface area contributed by atoms with Crippen molar-refractivity contribution in [2.45, 2.75) is 112 Å². The van der Waals surface area contributed by atoms with Gasteiger partial charge in [0, 0.05) is 17.7 Å². The summed E-state index contributed by atoms with van der Waals surface area (Å²) in [7, 11) is 0. The molecule has 2 N–H and O–H groups in total. The van der Waals surface area contributed by atoms with E-state index in [1.807, 2.05) is 11.6 Å². The Kier molecular flexibility index (Phi) is 9.60. The van der Waals surface area contributed by atoms with Gasteiger partial charge in [-0.15, -0.1) is 5.10 Å². The summed E-state index contributed by atoms with van der Waals surface area (Å²) in [5.41, 5.74) is 5.78. The lowest BCUT2D eigenvalue weighted by molar-refractivity contribution is 0.653. The van der Waals surface area contributed by atoms with Gasteiger partial charge in [-0.3, -0.25) is 5.10 Å². The minimum absolute atomic E-state index is 0.555. The molecule has 0 radical (unpaired) electrons. The Bertz CT molecular complexity index is 1050. The molecule has 0 aliphatic heterocycles. The van der Waals surface area contributed by atoms with Crippen molar-refractivity contribution in [3.05, 3.63) is 34.0 Å². The fraction of sp³-hybridized carbons (Fsp3) is 0.654. The summed E-state index contributed by atoms with van der Waals surface area (Å²) in [5, 5.41) is 15.8. The van der Waals surface area contributed by atoms with Crippen LogP contribution in [-0.4, -0.2) is 34.9 Å². The first-order chi connectivity index (χ1) is 16.6. The van der Waals surface area contributed by atoms with Crippen LogP contribution in [0.5, 0.6) is 0 Å². The van der Waals surface area contributed by atoms with Gasteiger partial charge in [-0.05, 0) is 44.6 Å². The number of H-pyrrole nitrogens is 1. The van der Waals surface area contributed by atoms with Gasteiger partial charge in [-0.25, -0.2) is 9.67 Å². The maximum absolute atomic E-state index is 4.98. The molecule has 0 aliphatic rings. The fourth-order valence-corrected chi connectivity index (χ4v) is 4.53. The molecule has 0 aliphatic carbocycles. The number of hydrogen-bond acceptors (Lipinski definition) is 6. The lowest BCUT2D eigenvalue weighted by Crippen LogP contribution is -2.13. The molecule has 8 heteroatoms. The van der Waals surface area contributed by atoms with Crippen LogP contribution in [-0.2, 0) is 32.1 Å². The Morgan fingerprint density at radius 1 is 0.794 bits per heavy atom. The summed E-state index contributed by atoms with van der Waals surface area (Å²) in [4.78, 5) is 14.5. The van der Waals surface area contributed by atoms with Gasteiger partial charge in [0.15, 0.2) is 0 Å².